The van der Waals surface area contributed by atoms with Crippen LogP contribution in [0.15, 0.2) is 12.7 Å². The summed E-state index contributed by atoms with van der Waals surface area (Å²) in [6.07, 6.45) is 4.07. The van der Waals surface area contributed by atoms with Gasteiger partial charge in [-0.3, -0.25) is 0 Å². The van der Waals surface area contributed by atoms with Crippen LogP contribution < -0.4 is 0 Å². The molecule has 1 saturated carbocycles. The van der Waals surface area contributed by atoms with Crippen molar-refractivity contribution in [3.05, 3.63) is 12.7 Å². The van der Waals surface area contributed by atoms with Crippen molar-refractivity contribution in [2.45, 2.75) is 69.9 Å². The van der Waals surface area contributed by atoms with E-state index in [1.807, 2.05) is 0 Å². The summed E-state index contributed by atoms with van der Waals surface area (Å²) in [5, 5.41) is 9.89. The van der Waals surface area contributed by atoms with Crippen LogP contribution in [0.2, 0.25) is 18.1 Å². The van der Waals surface area contributed by atoms with Crippen molar-refractivity contribution in [2.24, 2.45) is 0 Å². The molecule has 0 saturated heterocycles. The summed E-state index contributed by atoms with van der Waals surface area (Å²) >= 11 is 0. The molecule has 0 heterocycles. The third-order valence-electron chi connectivity index (χ3n) is 3.94. The summed E-state index contributed by atoms with van der Waals surface area (Å²) in [5.74, 6) is 0. The van der Waals surface area contributed by atoms with E-state index in [1.165, 1.54) is 0 Å². The number of hydrogen-bond donors (Lipinski definition) is 1. The molecule has 0 bridgehead atoms. The second kappa shape index (κ2) is 4.28. The molecule has 94 valence electrons. The molecule has 0 amide bonds. The maximum Gasteiger partial charge on any atom is 0.192 e. The lowest BCUT2D eigenvalue weighted by Crippen LogP contribution is -2.45. The van der Waals surface area contributed by atoms with Gasteiger partial charge in [0.05, 0.1) is 11.7 Å². The Balaban J connectivity index is 2.63. The summed E-state index contributed by atoms with van der Waals surface area (Å²) in [6.45, 7) is 14.9. The molecule has 1 fully saturated rings. The zero-order valence-corrected chi connectivity index (χ0v) is 12.3. The Bertz CT molecular complexity index is 262. The van der Waals surface area contributed by atoms with E-state index >= 15 is 0 Å². The SMILES string of the molecule is C=C[C@@H](O)CC1(O[Si](C)(C)C(C)(C)C)CC1. The predicted molar refractivity (Wildman–Crippen MR) is 71.1 cm³/mol. The van der Waals surface area contributed by atoms with Crippen LogP contribution in [-0.4, -0.2) is 25.1 Å². The summed E-state index contributed by atoms with van der Waals surface area (Å²) < 4.78 is 6.40. The molecule has 0 aromatic carbocycles. The summed E-state index contributed by atoms with van der Waals surface area (Å²) in [5.41, 5.74) is -0.0450. The first kappa shape index (κ1) is 13.9. The minimum atomic E-state index is -1.70. The van der Waals surface area contributed by atoms with E-state index in [0.717, 1.165) is 12.8 Å². The van der Waals surface area contributed by atoms with Gasteiger partial charge in [-0.25, -0.2) is 0 Å². The first-order chi connectivity index (χ1) is 7.12. The highest BCUT2D eigenvalue weighted by atomic mass is 28.4. The highest BCUT2D eigenvalue weighted by molar-refractivity contribution is 6.74. The van der Waals surface area contributed by atoms with Gasteiger partial charge in [0.15, 0.2) is 8.32 Å². The van der Waals surface area contributed by atoms with Crippen molar-refractivity contribution in [1.29, 1.82) is 0 Å². The standard InChI is InChI=1S/C13H26O2Si/c1-7-11(14)10-13(8-9-13)15-16(5,6)12(2,3)4/h7,11,14H,1,8-10H2,2-6H3/t11-/m1/s1. The molecule has 1 aliphatic carbocycles. The van der Waals surface area contributed by atoms with Gasteiger partial charge in [0.2, 0.25) is 0 Å². The van der Waals surface area contributed by atoms with Gasteiger partial charge >= 0.3 is 0 Å². The first-order valence-electron chi connectivity index (χ1n) is 6.13. The van der Waals surface area contributed by atoms with Crippen LogP contribution in [0.1, 0.15) is 40.0 Å². The average molecular weight is 242 g/mol. The second-order valence-electron chi connectivity index (χ2n) is 6.55. The Labute approximate surface area is 101 Å². The lowest BCUT2D eigenvalue weighted by molar-refractivity contribution is 0.0930. The molecular formula is C13H26O2Si. The van der Waals surface area contributed by atoms with E-state index in [9.17, 15) is 5.11 Å². The quantitative estimate of drug-likeness (QED) is 0.591. The van der Waals surface area contributed by atoms with Crippen LogP contribution in [0.5, 0.6) is 0 Å². The fourth-order valence-electron chi connectivity index (χ4n) is 1.65. The number of aliphatic hydroxyl groups is 1. The maximum absolute atomic E-state index is 9.65. The van der Waals surface area contributed by atoms with E-state index in [4.69, 9.17) is 4.43 Å². The van der Waals surface area contributed by atoms with Crippen molar-refractivity contribution >= 4 is 8.32 Å². The lowest BCUT2D eigenvalue weighted by atomic mass is 10.1. The number of aliphatic hydroxyl groups excluding tert-OH is 1. The van der Waals surface area contributed by atoms with E-state index in [2.05, 4.69) is 40.4 Å². The van der Waals surface area contributed by atoms with Crippen LogP contribution in [0.3, 0.4) is 0 Å². The Morgan fingerprint density at radius 1 is 1.44 bits per heavy atom. The van der Waals surface area contributed by atoms with Crippen LogP contribution >= 0.6 is 0 Å². The van der Waals surface area contributed by atoms with Crippen molar-refractivity contribution in [3.63, 3.8) is 0 Å². The molecule has 0 radical (unpaired) electrons. The van der Waals surface area contributed by atoms with Crippen molar-refractivity contribution < 1.29 is 9.53 Å². The molecule has 2 nitrogen and oxygen atoms in total. The van der Waals surface area contributed by atoms with E-state index in [0.29, 0.717) is 6.42 Å². The predicted octanol–water partition coefficient (Wildman–Crippen LogP) is 3.48. The highest BCUT2D eigenvalue weighted by Crippen LogP contribution is 2.50. The molecule has 0 aromatic heterocycles. The van der Waals surface area contributed by atoms with Gasteiger partial charge < -0.3 is 9.53 Å². The minimum Gasteiger partial charge on any atom is -0.411 e. The molecular weight excluding hydrogens is 216 g/mol. The second-order valence-corrected chi connectivity index (χ2v) is 11.3. The van der Waals surface area contributed by atoms with Crippen LogP contribution in [-0.2, 0) is 4.43 Å². The lowest BCUT2D eigenvalue weighted by Gasteiger charge is -2.40. The van der Waals surface area contributed by atoms with Crippen molar-refractivity contribution in [2.75, 3.05) is 0 Å². The third kappa shape index (κ3) is 3.19. The molecule has 1 rings (SSSR count). The van der Waals surface area contributed by atoms with E-state index in [-0.39, 0.29) is 10.6 Å². The number of hydrogen-bond acceptors (Lipinski definition) is 2. The van der Waals surface area contributed by atoms with Gasteiger partial charge in [-0.2, -0.15) is 0 Å². The van der Waals surface area contributed by atoms with Crippen LogP contribution in [0.4, 0.5) is 0 Å². The first-order valence-corrected chi connectivity index (χ1v) is 9.04. The monoisotopic (exact) mass is 242 g/mol. The van der Waals surface area contributed by atoms with Gasteiger partial charge in [0, 0.05) is 6.42 Å². The molecule has 0 aliphatic heterocycles. The Kier molecular flexibility index (Phi) is 3.73. The van der Waals surface area contributed by atoms with E-state index < -0.39 is 14.4 Å². The van der Waals surface area contributed by atoms with Gasteiger partial charge in [-0.05, 0) is 31.0 Å². The fourth-order valence-corrected chi connectivity index (χ4v) is 3.32. The average Bonchev–Trinajstić information content (AvgIpc) is 2.81. The van der Waals surface area contributed by atoms with Crippen molar-refractivity contribution in [3.8, 4) is 0 Å². The Morgan fingerprint density at radius 2 is 1.94 bits per heavy atom. The zero-order valence-electron chi connectivity index (χ0n) is 11.3. The summed E-state index contributed by atoms with van der Waals surface area (Å²) in [6, 6.07) is 0. The normalized spacial score (nSPS) is 21.6. The van der Waals surface area contributed by atoms with E-state index in [1.54, 1.807) is 6.08 Å². The van der Waals surface area contributed by atoms with Gasteiger partial charge in [-0.1, -0.05) is 26.8 Å². The summed E-state index contributed by atoms with van der Waals surface area (Å²) in [7, 11) is -1.70. The Hall–Kier alpha value is -0.123. The highest BCUT2D eigenvalue weighted by Gasteiger charge is 2.51. The molecule has 0 aromatic rings. The third-order valence-corrected chi connectivity index (χ3v) is 8.49. The van der Waals surface area contributed by atoms with Gasteiger partial charge in [0.1, 0.15) is 0 Å². The minimum absolute atomic E-state index is 0.0450. The Morgan fingerprint density at radius 3 is 2.25 bits per heavy atom. The van der Waals surface area contributed by atoms with Gasteiger partial charge in [0.25, 0.3) is 0 Å². The molecule has 1 atom stereocenters. The molecule has 1 aliphatic rings. The molecule has 0 spiro atoms. The number of rotatable bonds is 5. The smallest absolute Gasteiger partial charge is 0.192 e. The van der Waals surface area contributed by atoms with Gasteiger partial charge in [-0.15, -0.1) is 6.58 Å². The van der Waals surface area contributed by atoms with Crippen LogP contribution in [0.25, 0.3) is 0 Å². The molecule has 3 heteroatoms. The maximum atomic E-state index is 9.65. The van der Waals surface area contributed by atoms with Crippen molar-refractivity contribution in [1.82, 2.24) is 0 Å². The molecule has 0 unspecified atom stereocenters. The summed E-state index contributed by atoms with van der Waals surface area (Å²) in [4.78, 5) is 0. The topological polar surface area (TPSA) is 29.5 Å². The molecule has 16 heavy (non-hydrogen) atoms. The fraction of sp³-hybridized carbons (Fsp3) is 0.846. The van der Waals surface area contributed by atoms with Crippen LogP contribution in [0, 0.1) is 0 Å². The largest absolute Gasteiger partial charge is 0.411 e. The zero-order chi connectivity index (χ0) is 12.6. The molecule has 1 N–H and O–H groups in total.